The Morgan fingerprint density at radius 3 is 2.80 bits per heavy atom. The average molecular weight is 280 g/mol. The quantitative estimate of drug-likeness (QED) is 0.657. The minimum absolute atomic E-state index is 0.0847. The highest BCUT2D eigenvalue weighted by Crippen LogP contribution is 2.25. The van der Waals surface area contributed by atoms with E-state index in [9.17, 15) is 18.0 Å². The first-order valence-electron chi connectivity index (χ1n) is 5.88. The summed E-state index contributed by atoms with van der Waals surface area (Å²) in [6, 6.07) is 0.938. The van der Waals surface area contributed by atoms with Crippen molar-refractivity contribution < 1.29 is 18.0 Å². The van der Waals surface area contributed by atoms with E-state index < -0.39 is 23.4 Å². The van der Waals surface area contributed by atoms with Crippen molar-refractivity contribution in [2.45, 2.75) is 13.3 Å². The fourth-order valence-corrected chi connectivity index (χ4v) is 1.90. The number of rotatable bonds is 3. The van der Waals surface area contributed by atoms with Gasteiger partial charge in [-0.05, 0) is 30.9 Å². The SMILES string of the molecule is CC#CC(=O)NCCc1c[nH]c2c(F)c(F)c(F)cc12. The van der Waals surface area contributed by atoms with Crippen LogP contribution in [0.15, 0.2) is 12.3 Å². The number of carbonyl (C=O) groups excluding carboxylic acids is 1. The van der Waals surface area contributed by atoms with E-state index in [2.05, 4.69) is 22.1 Å². The van der Waals surface area contributed by atoms with Gasteiger partial charge in [0, 0.05) is 18.1 Å². The predicted molar refractivity (Wildman–Crippen MR) is 68.3 cm³/mol. The zero-order valence-electron chi connectivity index (χ0n) is 10.6. The third-order valence-corrected chi connectivity index (χ3v) is 2.82. The zero-order valence-corrected chi connectivity index (χ0v) is 10.6. The van der Waals surface area contributed by atoms with E-state index in [0.29, 0.717) is 12.0 Å². The largest absolute Gasteiger partial charge is 0.358 e. The maximum absolute atomic E-state index is 13.5. The van der Waals surface area contributed by atoms with E-state index in [1.807, 2.05) is 0 Å². The van der Waals surface area contributed by atoms with Crippen LogP contribution in [0.25, 0.3) is 10.9 Å². The topological polar surface area (TPSA) is 44.9 Å². The third kappa shape index (κ3) is 2.62. The molecule has 2 N–H and O–H groups in total. The fourth-order valence-electron chi connectivity index (χ4n) is 1.90. The van der Waals surface area contributed by atoms with Crippen LogP contribution in [-0.4, -0.2) is 17.4 Å². The molecular formula is C14H11F3N2O. The van der Waals surface area contributed by atoms with Gasteiger partial charge in [0.05, 0.1) is 5.52 Å². The smallest absolute Gasteiger partial charge is 0.295 e. The lowest BCUT2D eigenvalue weighted by atomic mass is 10.1. The van der Waals surface area contributed by atoms with Crippen molar-refractivity contribution in [2.75, 3.05) is 6.54 Å². The number of halogens is 3. The van der Waals surface area contributed by atoms with E-state index in [0.717, 1.165) is 6.07 Å². The molecule has 6 heteroatoms. The van der Waals surface area contributed by atoms with E-state index in [1.165, 1.54) is 6.20 Å². The molecule has 0 aliphatic carbocycles. The molecule has 0 spiro atoms. The van der Waals surface area contributed by atoms with Gasteiger partial charge < -0.3 is 10.3 Å². The van der Waals surface area contributed by atoms with Gasteiger partial charge >= 0.3 is 0 Å². The molecule has 0 saturated heterocycles. The number of hydrogen-bond acceptors (Lipinski definition) is 1. The molecule has 20 heavy (non-hydrogen) atoms. The Morgan fingerprint density at radius 2 is 2.10 bits per heavy atom. The molecule has 0 fully saturated rings. The van der Waals surface area contributed by atoms with Gasteiger partial charge in [0.2, 0.25) is 0 Å². The van der Waals surface area contributed by atoms with Crippen LogP contribution >= 0.6 is 0 Å². The molecule has 0 unspecified atom stereocenters. The van der Waals surface area contributed by atoms with Gasteiger partial charge in [-0.3, -0.25) is 4.79 Å². The van der Waals surface area contributed by atoms with Gasteiger partial charge in [0.1, 0.15) is 0 Å². The number of nitrogens with one attached hydrogen (secondary N) is 2. The molecule has 0 aliphatic heterocycles. The Labute approximate surface area is 113 Å². The van der Waals surface area contributed by atoms with Gasteiger partial charge in [0.25, 0.3) is 5.91 Å². The number of H-pyrrole nitrogens is 1. The van der Waals surface area contributed by atoms with Crippen LogP contribution < -0.4 is 5.32 Å². The monoisotopic (exact) mass is 280 g/mol. The lowest BCUT2D eigenvalue weighted by Crippen LogP contribution is -2.23. The summed E-state index contributed by atoms with van der Waals surface area (Å²) in [5.41, 5.74) is 0.501. The third-order valence-electron chi connectivity index (χ3n) is 2.82. The summed E-state index contributed by atoms with van der Waals surface area (Å²) < 4.78 is 39.8. The molecule has 0 bridgehead atoms. The van der Waals surface area contributed by atoms with E-state index in [-0.39, 0.29) is 17.4 Å². The Kier molecular flexibility index (Phi) is 3.99. The standard InChI is InChI=1S/C14H11F3N2O/c1-2-3-11(20)18-5-4-8-7-19-14-9(8)6-10(15)12(16)13(14)17/h6-7,19H,4-5H2,1H3,(H,18,20). The lowest BCUT2D eigenvalue weighted by Gasteiger charge is -2.02. The first-order valence-corrected chi connectivity index (χ1v) is 5.88. The normalized spacial score (nSPS) is 10.2. The second-order valence-electron chi connectivity index (χ2n) is 4.10. The number of benzene rings is 1. The van der Waals surface area contributed by atoms with Gasteiger partial charge in [-0.25, -0.2) is 13.2 Å². The Hall–Kier alpha value is -2.42. The van der Waals surface area contributed by atoms with Crippen molar-refractivity contribution in [1.29, 1.82) is 0 Å². The maximum atomic E-state index is 13.5. The molecule has 104 valence electrons. The molecular weight excluding hydrogens is 269 g/mol. The summed E-state index contributed by atoms with van der Waals surface area (Å²) in [5.74, 6) is 0.358. The summed E-state index contributed by atoms with van der Waals surface area (Å²) in [6.07, 6.45) is 1.81. The van der Waals surface area contributed by atoms with E-state index in [1.54, 1.807) is 6.92 Å². The Balaban J connectivity index is 2.19. The number of aromatic nitrogens is 1. The van der Waals surface area contributed by atoms with Crippen LogP contribution in [0, 0.1) is 29.3 Å². The minimum Gasteiger partial charge on any atom is -0.358 e. The molecule has 2 aromatic rings. The van der Waals surface area contributed by atoms with Gasteiger partial charge in [-0.1, -0.05) is 5.92 Å². The first-order chi connectivity index (χ1) is 9.54. The summed E-state index contributed by atoms with van der Waals surface area (Å²) in [7, 11) is 0. The molecule has 0 atom stereocenters. The van der Waals surface area contributed by atoms with E-state index in [4.69, 9.17) is 0 Å². The number of carbonyl (C=O) groups is 1. The molecule has 0 radical (unpaired) electrons. The lowest BCUT2D eigenvalue weighted by molar-refractivity contribution is -0.115. The van der Waals surface area contributed by atoms with Gasteiger partial charge in [-0.2, -0.15) is 0 Å². The predicted octanol–water partition coefficient (Wildman–Crippen LogP) is 2.27. The average Bonchev–Trinajstić information content (AvgIpc) is 2.80. The summed E-state index contributed by atoms with van der Waals surface area (Å²) in [4.78, 5) is 13.7. The van der Waals surface area contributed by atoms with Crippen LogP contribution in [0.4, 0.5) is 13.2 Å². The highest BCUT2D eigenvalue weighted by Gasteiger charge is 2.16. The van der Waals surface area contributed by atoms with Crippen molar-refractivity contribution >= 4 is 16.8 Å². The highest BCUT2D eigenvalue weighted by atomic mass is 19.2. The zero-order chi connectivity index (χ0) is 14.7. The molecule has 2 rings (SSSR count). The van der Waals surface area contributed by atoms with Crippen molar-refractivity contribution in [3.8, 4) is 11.8 Å². The van der Waals surface area contributed by atoms with Crippen molar-refractivity contribution in [1.82, 2.24) is 10.3 Å². The number of fused-ring (bicyclic) bond motifs is 1. The highest BCUT2D eigenvalue weighted by molar-refractivity contribution is 5.93. The van der Waals surface area contributed by atoms with Crippen molar-refractivity contribution in [3.63, 3.8) is 0 Å². The number of hydrogen-bond donors (Lipinski definition) is 2. The van der Waals surface area contributed by atoms with E-state index >= 15 is 0 Å². The summed E-state index contributed by atoms with van der Waals surface area (Å²) in [6.45, 7) is 1.81. The molecule has 0 saturated carbocycles. The number of amides is 1. The van der Waals surface area contributed by atoms with Crippen LogP contribution in [0.5, 0.6) is 0 Å². The minimum atomic E-state index is -1.50. The first kappa shape index (κ1) is 14.0. The van der Waals surface area contributed by atoms with Crippen LogP contribution in [0.2, 0.25) is 0 Å². The van der Waals surface area contributed by atoms with Crippen LogP contribution in [0.1, 0.15) is 12.5 Å². The molecule has 1 aromatic carbocycles. The second-order valence-corrected chi connectivity index (χ2v) is 4.10. The summed E-state index contributed by atoms with van der Waals surface area (Å²) >= 11 is 0. The Bertz CT molecular complexity index is 725. The maximum Gasteiger partial charge on any atom is 0.295 e. The molecule has 1 aromatic heterocycles. The second kappa shape index (κ2) is 5.70. The van der Waals surface area contributed by atoms with Crippen LogP contribution in [-0.2, 0) is 11.2 Å². The van der Waals surface area contributed by atoms with Gasteiger partial charge in [-0.15, -0.1) is 0 Å². The van der Waals surface area contributed by atoms with Crippen molar-refractivity contribution in [3.05, 3.63) is 35.3 Å². The summed E-state index contributed by atoms with van der Waals surface area (Å²) in [5, 5.41) is 2.80. The molecule has 1 heterocycles. The molecule has 1 amide bonds. The number of aromatic amines is 1. The fraction of sp³-hybridized carbons (Fsp3) is 0.214. The van der Waals surface area contributed by atoms with Crippen LogP contribution in [0.3, 0.4) is 0 Å². The molecule has 0 aliphatic rings. The van der Waals surface area contributed by atoms with Gasteiger partial charge in [0.15, 0.2) is 17.5 Å². The molecule has 3 nitrogen and oxygen atoms in total. The van der Waals surface area contributed by atoms with Crippen molar-refractivity contribution in [2.24, 2.45) is 0 Å². The Morgan fingerprint density at radius 1 is 1.35 bits per heavy atom.